The zero-order valence-electron chi connectivity index (χ0n) is 12.6. The summed E-state index contributed by atoms with van der Waals surface area (Å²) in [5.74, 6) is 0.0974. The Morgan fingerprint density at radius 1 is 1.35 bits per heavy atom. The normalized spacial score (nSPS) is 10.6. The van der Waals surface area contributed by atoms with E-state index in [1.54, 1.807) is 0 Å². The van der Waals surface area contributed by atoms with Crippen LogP contribution in [0.3, 0.4) is 0 Å². The highest BCUT2D eigenvalue weighted by Crippen LogP contribution is 2.17. The standard InChI is InChI=1S/C16H26N2O2/c1-3-11-20-12-8-16(19)18(10-5-9-17)15-7-4-6-14(2)13-15/h4,6-7,13H,3,5,8-12,17H2,1-2H3. The smallest absolute Gasteiger partial charge is 0.229 e. The van der Waals surface area contributed by atoms with Crippen molar-refractivity contribution < 1.29 is 9.53 Å². The molecule has 0 spiro atoms. The molecule has 4 nitrogen and oxygen atoms in total. The van der Waals surface area contributed by atoms with Crippen molar-refractivity contribution in [3.63, 3.8) is 0 Å². The largest absolute Gasteiger partial charge is 0.381 e. The van der Waals surface area contributed by atoms with Gasteiger partial charge in [-0.2, -0.15) is 0 Å². The van der Waals surface area contributed by atoms with Gasteiger partial charge in [0.05, 0.1) is 13.0 Å². The van der Waals surface area contributed by atoms with E-state index in [1.807, 2.05) is 36.1 Å². The van der Waals surface area contributed by atoms with Gasteiger partial charge >= 0.3 is 0 Å². The van der Waals surface area contributed by atoms with Crippen molar-refractivity contribution in [2.75, 3.05) is 31.2 Å². The lowest BCUT2D eigenvalue weighted by molar-refractivity contribution is -0.119. The predicted octanol–water partition coefficient (Wildman–Crippen LogP) is 2.49. The van der Waals surface area contributed by atoms with Crippen LogP contribution in [0.15, 0.2) is 24.3 Å². The number of carbonyl (C=O) groups is 1. The minimum Gasteiger partial charge on any atom is -0.381 e. The van der Waals surface area contributed by atoms with Crippen LogP contribution < -0.4 is 10.6 Å². The highest BCUT2D eigenvalue weighted by atomic mass is 16.5. The summed E-state index contributed by atoms with van der Waals surface area (Å²) in [6, 6.07) is 8.00. The van der Waals surface area contributed by atoms with Crippen LogP contribution >= 0.6 is 0 Å². The van der Waals surface area contributed by atoms with E-state index in [9.17, 15) is 4.79 Å². The Labute approximate surface area is 121 Å². The number of aryl methyl sites for hydroxylation is 1. The average Bonchev–Trinajstić information content (AvgIpc) is 2.44. The molecule has 1 amide bonds. The van der Waals surface area contributed by atoms with E-state index < -0.39 is 0 Å². The first-order chi connectivity index (χ1) is 9.69. The molecule has 1 aromatic rings. The molecule has 0 saturated carbocycles. The van der Waals surface area contributed by atoms with E-state index in [4.69, 9.17) is 10.5 Å². The number of hydrogen-bond acceptors (Lipinski definition) is 3. The molecular weight excluding hydrogens is 252 g/mol. The molecule has 0 radical (unpaired) electrons. The van der Waals surface area contributed by atoms with E-state index in [1.165, 1.54) is 0 Å². The van der Waals surface area contributed by atoms with Crippen molar-refractivity contribution in [2.45, 2.75) is 33.1 Å². The molecule has 2 N–H and O–H groups in total. The molecular formula is C16H26N2O2. The molecule has 0 atom stereocenters. The van der Waals surface area contributed by atoms with Gasteiger partial charge in [0.25, 0.3) is 0 Å². The minimum absolute atomic E-state index is 0.0974. The summed E-state index contributed by atoms with van der Waals surface area (Å²) in [6.07, 6.45) is 2.19. The molecule has 4 heteroatoms. The van der Waals surface area contributed by atoms with E-state index in [0.717, 1.165) is 24.1 Å². The first-order valence-corrected chi connectivity index (χ1v) is 7.34. The maximum absolute atomic E-state index is 12.3. The molecule has 0 heterocycles. The third-order valence-electron chi connectivity index (χ3n) is 3.01. The Hall–Kier alpha value is -1.39. The second-order valence-electron chi connectivity index (χ2n) is 4.89. The number of ether oxygens (including phenoxy) is 1. The zero-order valence-corrected chi connectivity index (χ0v) is 12.6. The summed E-state index contributed by atoms with van der Waals surface area (Å²) in [5.41, 5.74) is 7.65. The van der Waals surface area contributed by atoms with Gasteiger partial charge in [0.2, 0.25) is 5.91 Å². The number of amides is 1. The van der Waals surface area contributed by atoms with Gasteiger partial charge in [-0.25, -0.2) is 0 Å². The summed E-state index contributed by atoms with van der Waals surface area (Å²) in [4.78, 5) is 14.1. The topological polar surface area (TPSA) is 55.6 Å². The van der Waals surface area contributed by atoms with Crippen LogP contribution in [0.2, 0.25) is 0 Å². The van der Waals surface area contributed by atoms with Crippen LogP contribution in [0.1, 0.15) is 31.7 Å². The first kappa shape index (κ1) is 16.7. The molecule has 0 unspecified atom stereocenters. The fraction of sp³-hybridized carbons (Fsp3) is 0.562. The van der Waals surface area contributed by atoms with Crippen molar-refractivity contribution in [3.8, 4) is 0 Å². The average molecular weight is 278 g/mol. The number of nitrogens with two attached hydrogens (primary N) is 1. The van der Waals surface area contributed by atoms with Gasteiger partial charge in [0, 0.05) is 18.8 Å². The maximum atomic E-state index is 12.3. The number of nitrogens with zero attached hydrogens (tertiary/aromatic N) is 1. The van der Waals surface area contributed by atoms with Gasteiger partial charge in [-0.05, 0) is 44.0 Å². The fourth-order valence-corrected chi connectivity index (χ4v) is 1.98. The molecule has 1 rings (SSSR count). The highest BCUT2D eigenvalue weighted by molar-refractivity contribution is 5.93. The summed E-state index contributed by atoms with van der Waals surface area (Å²) < 4.78 is 5.40. The lowest BCUT2D eigenvalue weighted by Gasteiger charge is -2.23. The number of rotatable bonds is 9. The first-order valence-electron chi connectivity index (χ1n) is 7.34. The van der Waals surface area contributed by atoms with Gasteiger partial charge in [-0.15, -0.1) is 0 Å². The van der Waals surface area contributed by atoms with E-state index in [2.05, 4.69) is 6.92 Å². The number of anilines is 1. The van der Waals surface area contributed by atoms with E-state index in [0.29, 0.717) is 32.7 Å². The number of benzene rings is 1. The third kappa shape index (κ3) is 5.72. The Morgan fingerprint density at radius 2 is 2.15 bits per heavy atom. The van der Waals surface area contributed by atoms with Crippen molar-refractivity contribution in [3.05, 3.63) is 29.8 Å². The molecule has 112 valence electrons. The molecule has 0 saturated heterocycles. The molecule has 0 aliphatic heterocycles. The van der Waals surface area contributed by atoms with Crippen LogP contribution in [0.25, 0.3) is 0 Å². The lowest BCUT2D eigenvalue weighted by atomic mass is 10.2. The van der Waals surface area contributed by atoms with E-state index in [-0.39, 0.29) is 5.91 Å². The summed E-state index contributed by atoms with van der Waals surface area (Å²) in [6.45, 7) is 6.52. The Morgan fingerprint density at radius 3 is 2.80 bits per heavy atom. The second kappa shape index (κ2) is 9.50. The molecule has 20 heavy (non-hydrogen) atoms. The highest BCUT2D eigenvalue weighted by Gasteiger charge is 2.15. The Bertz CT molecular complexity index is 407. The van der Waals surface area contributed by atoms with Crippen LogP contribution in [0, 0.1) is 6.92 Å². The van der Waals surface area contributed by atoms with Crippen LogP contribution in [0.4, 0.5) is 5.69 Å². The lowest BCUT2D eigenvalue weighted by Crippen LogP contribution is -2.33. The van der Waals surface area contributed by atoms with Crippen LogP contribution in [0.5, 0.6) is 0 Å². The monoisotopic (exact) mass is 278 g/mol. The molecule has 0 aliphatic carbocycles. The molecule has 0 aliphatic rings. The SMILES string of the molecule is CCCOCCC(=O)N(CCCN)c1cccc(C)c1. The van der Waals surface area contributed by atoms with Crippen molar-refractivity contribution >= 4 is 11.6 Å². The zero-order chi connectivity index (χ0) is 14.8. The van der Waals surface area contributed by atoms with Gasteiger partial charge in [-0.1, -0.05) is 19.1 Å². The molecule has 0 aromatic heterocycles. The van der Waals surface area contributed by atoms with Gasteiger partial charge < -0.3 is 15.4 Å². The van der Waals surface area contributed by atoms with Crippen LogP contribution in [-0.2, 0) is 9.53 Å². The van der Waals surface area contributed by atoms with Gasteiger partial charge in [0.15, 0.2) is 0 Å². The maximum Gasteiger partial charge on any atom is 0.229 e. The molecule has 1 aromatic carbocycles. The van der Waals surface area contributed by atoms with Crippen LogP contribution in [-0.4, -0.2) is 32.2 Å². The Balaban J connectivity index is 2.65. The minimum atomic E-state index is 0.0974. The van der Waals surface area contributed by atoms with Gasteiger partial charge in [0.1, 0.15) is 0 Å². The number of carbonyl (C=O) groups excluding carboxylic acids is 1. The molecule has 0 fully saturated rings. The number of hydrogen-bond donors (Lipinski definition) is 1. The summed E-state index contributed by atoms with van der Waals surface area (Å²) in [7, 11) is 0. The van der Waals surface area contributed by atoms with E-state index >= 15 is 0 Å². The fourth-order valence-electron chi connectivity index (χ4n) is 1.98. The van der Waals surface area contributed by atoms with Crippen molar-refractivity contribution in [2.24, 2.45) is 5.73 Å². The second-order valence-corrected chi connectivity index (χ2v) is 4.89. The predicted molar refractivity (Wildman–Crippen MR) is 82.9 cm³/mol. The van der Waals surface area contributed by atoms with Crippen molar-refractivity contribution in [1.29, 1.82) is 0 Å². The Kier molecular flexibility index (Phi) is 7.92. The summed E-state index contributed by atoms with van der Waals surface area (Å²) >= 11 is 0. The van der Waals surface area contributed by atoms with Crippen molar-refractivity contribution in [1.82, 2.24) is 0 Å². The molecule has 0 bridgehead atoms. The van der Waals surface area contributed by atoms with Gasteiger partial charge in [-0.3, -0.25) is 4.79 Å². The summed E-state index contributed by atoms with van der Waals surface area (Å²) in [5, 5.41) is 0. The quantitative estimate of drug-likeness (QED) is 0.706. The third-order valence-corrected chi connectivity index (χ3v) is 3.01.